The molecule has 0 amide bonds. The molecule has 0 aliphatic heterocycles. The van der Waals surface area contributed by atoms with Crippen LogP contribution in [0.2, 0.25) is 8.67 Å². The molecule has 0 bridgehead atoms. The Hall–Kier alpha value is -0.710. The predicted octanol–water partition coefficient (Wildman–Crippen LogP) is 4.24. The number of thiophene rings is 1. The van der Waals surface area contributed by atoms with Gasteiger partial charge >= 0.3 is 0 Å². The summed E-state index contributed by atoms with van der Waals surface area (Å²) in [5.74, 6) is 1.06. The van der Waals surface area contributed by atoms with Crippen molar-refractivity contribution in [3.63, 3.8) is 0 Å². The van der Waals surface area contributed by atoms with E-state index in [0.29, 0.717) is 20.3 Å². The van der Waals surface area contributed by atoms with Crippen molar-refractivity contribution in [1.82, 2.24) is 5.16 Å². The average Bonchev–Trinajstić information content (AvgIpc) is 2.73. The van der Waals surface area contributed by atoms with Gasteiger partial charge in [0.05, 0.1) is 9.90 Å². The third kappa shape index (κ3) is 2.05. The molecule has 0 fully saturated rings. The molecule has 0 spiro atoms. The van der Waals surface area contributed by atoms with Crippen LogP contribution in [-0.2, 0) is 6.42 Å². The Balaban J connectivity index is 2.51. The van der Waals surface area contributed by atoms with Gasteiger partial charge < -0.3 is 10.3 Å². The number of aromatic nitrogens is 1. The van der Waals surface area contributed by atoms with Gasteiger partial charge in [-0.2, -0.15) is 0 Å². The monoisotopic (exact) mass is 276 g/mol. The molecule has 3 nitrogen and oxygen atoms in total. The molecule has 2 aromatic rings. The van der Waals surface area contributed by atoms with Gasteiger partial charge in [-0.3, -0.25) is 0 Å². The van der Waals surface area contributed by atoms with Gasteiger partial charge in [0.15, 0.2) is 11.6 Å². The fourth-order valence-corrected chi connectivity index (χ4v) is 2.98. The van der Waals surface area contributed by atoms with E-state index in [0.717, 1.165) is 24.0 Å². The van der Waals surface area contributed by atoms with E-state index in [9.17, 15) is 0 Å². The summed E-state index contributed by atoms with van der Waals surface area (Å²) >= 11 is 13.3. The van der Waals surface area contributed by atoms with E-state index in [1.807, 2.05) is 0 Å². The van der Waals surface area contributed by atoms with E-state index in [-0.39, 0.29) is 0 Å². The summed E-state index contributed by atoms with van der Waals surface area (Å²) in [5, 5.41) is 3.77. The normalized spacial score (nSPS) is 10.9. The van der Waals surface area contributed by atoms with Gasteiger partial charge in [0.1, 0.15) is 4.34 Å². The molecule has 6 heteroatoms. The zero-order valence-electron chi connectivity index (χ0n) is 8.59. The van der Waals surface area contributed by atoms with Crippen molar-refractivity contribution in [2.45, 2.75) is 19.8 Å². The molecule has 0 saturated carbocycles. The second-order valence-corrected chi connectivity index (χ2v) is 5.65. The Morgan fingerprint density at radius 3 is 2.81 bits per heavy atom. The number of nitrogens with two attached hydrogens (primary N) is 1. The summed E-state index contributed by atoms with van der Waals surface area (Å²) in [6.07, 6.45) is 1.78. The molecular weight excluding hydrogens is 267 g/mol. The van der Waals surface area contributed by atoms with E-state index >= 15 is 0 Å². The van der Waals surface area contributed by atoms with Gasteiger partial charge in [-0.1, -0.05) is 41.7 Å². The largest absolute Gasteiger partial charge is 0.381 e. The van der Waals surface area contributed by atoms with Crippen LogP contribution < -0.4 is 5.73 Å². The van der Waals surface area contributed by atoms with Gasteiger partial charge in [0.25, 0.3) is 0 Å². The van der Waals surface area contributed by atoms with Crippen molar-refractivity contribution in [1.29, 1.82) is 0 Å². The van der Waals surface area contributed by atoms with Gasteiger partial charge in [-0.25, -0.2) is 0 Å². The van der Waals surface area contributed by atoms with Crippen LogP contribution in [0, 0.1) is 0 Å². The number of hydrogen-bond acceptors (Lipinski definition) is 4. The maximum absolute atomic E-state index is 6.07. The van der Waals surface area contributed by atoms with E-state index in [1.165, 1.54) is 11.3 Å². The Labute approximate surface area is 107 Å². The highest BCUT2D eigenvalue weighted by molar-refractivity contribution is 7.20. The van der Waals surface area contributed by atoms with Crippen LogP contribution in [0.3, 0.4) is 0 Å². The van der Waals surface area contributed by atoms with Crippen molar-refractivity contribution in [2.24, 2.45) is 0 Å². The number of rotatable bonds is 3. The van der Waals surface area contributed by atoms with Crippen molar-refractivity contribution >= 4 is 40.4 Å². The maximum atomic E-state index is 6.07. The van der Waals surface area contributed by atoms with Gasteiger partial charge in [-0.15, -0.1) is 11.3 Å². The van der Waals surface area contributed by atoms with Gasteiger partial charge in [-0.05, 0) is 12.5 Å². The average molecular weight is 277 g/mol. The molecule has 0 aliphatic rings. The van der Waals surface area contributed by atoms with Crippen LogP contribution >= 0.6 is 34.5 Å². The summed E-state index contributed by atoms with van der Waals surface area (Å²) < 4.78 is 6.44. The molecule has 0 aromatic carbocycles. The van der Waals surface area contributed by atoms with Crippen molar-refractivity contribution in [3.8, 4) is 11.3 Å². The lowest BCUT2D eigenvalue weighted by Gasteiger charge is -1.98. The lowest BCUT2D eigenvalue weighted by molar-refractivity contribution is 0.435. The second-order valence-electron chi connectivity index (χ2n) is 3.36. The third-order valence-electron chi connectivity index (χ3n) is 2.22. The third-order valence-corrected chi connectivity index (χ3v) is 3.71. The summed E-state index contributed by atoms with van der Waals surface area (Å²) in [4.78, 5) is 0. The smallest absolute Gasteiger partial charge is 0.174 e. The molecule has 86 valence electrons. The zero-order chi connectivity index (χ0) is 11.7. The molecule has 2 rings (SSSR count). The fraction of sp³-hybridized carbons (Fsp3) is 0.300. The van der Waals surface area contributed by atoms with Crippen molar-refractivity contribution in [2.75, 3.05) is 5.73 Å². The van der Waals surface area contributed by atoms with Crippen LogP contribution in [0.4, 0.5) is 5.82 Å². The topological polar surface area (TPSA) is 52.0 Å². The first-order chi connectivity index (χ1) is 7.63. The highest BCUT2D eigenvalue weighted by atomic mass is 35.5. The molecule has 2 heterocycles. The summed E-state index contributed by atoms with van der Waals surface area (Å²) in [5.41, 5.74) is 7.41. The van der Waals surface area contributed by atoms with Crippen LogP contribution in [0.15, 0.2) is 10.6 Å². The minimum atomic E-state index is 0.426. The second kappa shape index (κ2) is 4.65. The van der Waals surface area contributed by atoms with Crippen LogP contribution in [0.1, 0.15) is 18.9 Å². The van der Waals surface area contributed by atoms with E-state index < -0.39 is 0 Å². The molecule has 0 unspecified atom stereocenters. The summed E-state index contributed by atoms with van der Waals surface area (Å²) in [6.45, 7) is 2.07. The van der Waals surface area contributed by atoms with Gasteiger partial charge in [0.2, 0.25) is 0 Å². The van der Waals surface area contributed by atoms with Crippen LogP contribution in [0.25, 0.3) is 11.3 Å². The SMILES string of the molecule is CCCc1c(N)noc1-c1cc(Cl)sc1Cl. The first kappa shape index (κ1) is 11.8. The molecular formula is C10H10Cl2N2OS. The Morgan fingerprint density at radius 1 is 1.50 bits per heavy atom. The minimum Gasteiger partial charge on any atom is -0.381 e. The quantitative estimate of drug-likeness (QED) is 0.912. The molecule has 2 aromatic heterocycles. The lowest BCUT2D eigenvalue weighted by atomic mass is 10.1. The molecule has 2 N–H and O–H groups in total. The molecule has 16 heavy (non-hydrogen) atoms. The van der Waals surface area contributed by atoms with Crippen molar-refractivity contribution in [3.05, 3.63) is 20.3 Å². The number of halogens is 2. The first-order valence-electron chi connectivity index (χ1n) is 4.82. The molecule has 0 atom stereocenters. The van der Waals surface area contributed by atoms with Crippen molar-refractivity contribution < 1.29 is 4.52 Å². The number of hydrogen-bond donors (Lipinski definition) is 1. The Kier molecular flexibility index (Phi) is 3.42. The lowest BCUT2D eigenvalue weighted by Crippen LogP contribution is -1.92. The fourth-order valence-electron chi connectivity index (χ4n) is 1.52. The molecule has 0 radical (unpaired) electrons. The Morgan fingerprint density at radius 2 is 2.25 bits per heavy atom. The number of nitrogens with zero attached hydrogens (tertiary/aromatic N) is 1. The highest BCUT2D eigenvalue weighted by Gasteiger charge is 2.19. The predicted molar refractivity (Wildman–Crippen MR) is 68.2 cm³/mol. The van der Waals surface area contributed by atoms with E-state index in [1.54, 1.807) is 6.07 Å². The van der Waals surface area contributed by atoms with Crippen LogP contribution in [-0.4, -0.2) is 5.16 Å². The van der Waals surface area contributed by atoms with E-state index in [2.05, 4.69) is 12.1 Å². The Bertz CT molecular complexity index is 507. The van der Waals surface area contributed by atoms with E-state index in [4.69, 9.17) is 33.5 Å². The maximum Gasteiger partial charge on any atom is 0.174 e. The zero-order valence-corrected chi connectivity index (χ0v) is 10.9. The number of anilines is 1. The first-order valence-corrected chi connectivity index (χ1v) is 6.40. The summed E-state index contributed by atoms with van der Waals surface area (Å²) in [6, 6.07) is 1.77. The molecule has 0 saturated heterocycles. The highest BCUT2D eigenvalue weighted by Crippen LogP contribution is 2.40. The number of nitrogen functional groups attached to an aromatic ring is 1. The molecule has 0 aliphatic carbocycles. The minimum absolute atomic E-state index is 0.426. The van der Waals surface area contributed by atoms with Gasteiger partial charge in [0, 0.05) is 5.56 Å². The van der Waals surface area contributed by atoms with Crippen LogP contribution in [0.5, 0.6) is 0 Å². The standard InChI is InChI=1S/C10H10Cl2N2OS/c1-2-3-5-8(15-14-10(5)13)6-4-7(11)16-9(6)12/h4H,2-3H2,1H3,(H2,13,14). The summed E-state index contributed by atoms with van der Waals surface area (Å²) in [7, 11) is 0.